The molecule has 1 heterocycles. The van der Waals surface area contributed by atoms with Crippen molar-refractivity contribution in [3.63, 3.8) is 0 Å². The van der Waals surface area contributed by atoms with Gasteiger partial charge in [-0.3, -0.25) is 4.79 Å². The lowest BCUT2D eigenvalue weighted by atomic mass is 10.2. The number of ether oxygens (including phenoxy) is 4. The van der Waals surface area contributed by atoms with Crippen LogP contribution in [-0.4, -0.2) is 37.2 Å². The van der Waals surface area contributed by atoms with Crippen molar-refractivity contribution in [2.24, 2.45) is 0 Å². The lowest BCUT2D eigenvalue weighted by Crippen LogP contribution is -2.13. The first-order chi connectivity index (χ1) is 17.1. The van der Waals surface area contributed by atoms with Crippen LogP contribution in [0, 0.1) is 0 Å². The summed E-state index contributed by atoms with van der Waals surface area (Å²) in [5.74, 6) is 2.00. The fraction of sp³-hybridized carbons (Fsp3) is 0.115. The summed E-state index contributed by atoms with van der Waals surface area (Å²) in [4.78, 5) is 22.7. The van der Waals surface area contributed by atoms with Crippen molar-refractivity contribution in [3.05, 3.63) is 84.7 Å². The number of hydrogen-bond acceptors (Lipinski definition) is 8. The standard InChI is InChI=1S/C26H23N3O5S/c1-31-20-15-17(16-21(32-2)23(20)33-3)29-24(30)19-11-7-8-12-22(19)35-26-25(27-13-14-28-26)34-18-9-5-4-6-10-18/h4-16H,1-3H3,(H,29,30). The van der Waals surface area contributed by atoms with Crippen molar-refractivity contribution in [3.8, 4) is 28.9 Å². The highest BCUT2D eigenvalue weighted by Gasteiger charge is 2.18. The van der Waals surface area contributed by atoms with E-state index in [0.29, 0.717) is 50.1 Å². The first-order valence-corrected chi connectivity index (χ1v) is 11.4. The fourth-order valence-corrected chi connectivity index (χ4v) is 4.17. The Morgan fingerprint density at radius 3 is 2.17 bits per heavy atom. The van der Waals surface area contributed by atoms with Gasteiger partial charge in [0.1, 0.15) is 5.75 Å². The van der Waals surface area contributed by atoms with Crippen LogP contribution in [0.2, 0.25) is 0 Å². The maximum Gasteiger partial charge on any atom is 0.256 e. The SMILES string of the molecule is COc1cc(NC(=O)c2ccccc2Sc2nccnc2Oc2ccccc2)cc(OC)c1OC. The van der Waals surface area contributed by atoms with Gasteiger partial charge in [0.2, 0.25) is 5.75 Å². The molecule has 35 heavy (non-hydrogen) atoms. The third-order valence-electron chi connectivity index (χ3n) is 4.85. The van der Waals surface area contributed by atoms with Crippen LogP contribution in [-0.2, 0) is 0 Å². The molecule has 1 aromatic heterocycles. The number of nitrogens with one attached hydrogen (secondary N) is 1. The van der Waals surface area contributed by atoms with Gasteiger partial charge in [0.05, 0.1) is 26.9 Å². The van der Waals surface area contributed by atoms with Gasteiger partial charge in [-0.15, -0.1) is 0 Å². The summed E-state index contributed by atoms with van der Waals surface area (Å²) < 4.78 is 22.0. The molecule has 0 fully saturated rings. The topological polar surface area (TPSA) is 91.8 Å². The van der Waals surface area contributed by atoms with E-state index in [0.717, 1.165) is 0 Å². The van der Waals surface area contributed by atoms with Crippen molar-refractivity contribution in [1.29, 1.82) is 0 Å². The van der Waals surface area contributed by atoms with Crippen molar-refractivity contribution in [2.75, 3.05) is 26.6 Å². The maximum absolute atomic E-state index is 13.3. The fourth-order valence-electron chi connectivity index (χ4n) is 3.25. The molecule has 0 bridgehead atoms. The van der Waals surface area contributed by atoms with Crippen LogP contribution >= 0.6 is 11.8 Å². The summed E-state index contributed by atoms with van der Waals surface area (Å²) in [7, 11) is 4.56. The second-order valence-corrected chi connectivity index (χ2v) is 8.08. The molecule has 9 heteroatoms. The summed E-state index contributed by atoms with van der Waals surface area (Å²) in [6.07, 6.45) is 3.14. The monoisotopic (exact) mass is 489 g/mol. The molecule has 1 N–H and O–H groups in total. The number of carbonyl (C=O) groups excluding carboxylic acids is 1. The van der Waals surface area contributed by atoms with Gasteiger partial charge in [0.15, 0.2) is 16.5 Å². The molecule has 0 unspecified atom stereocenters. The Hall–Kier alpha value is -4.24. The highest BCUT2D eigenvalue weighted by atomic mass is 32.2. The summed E-state index contributed by atoms with van der Waals surface area (Å²) in [5.41, 5.74) is 0.958. The van der Waals surface area contributed by atoms with Gasteiger partial charge in [0, 0.05) is 35.1 Å². The Morgan fingerprint density at radius 2 is 1.49 bits per heavy atom. The normalized spacial score (nSPS) is 10.4. The zero-order chi connectivity index (χ0) is 24.6. The van der Waals surface area contributed by atoms with Crippen LogP contribution in [0.3, 0.4) is 0 Å². The molecular weight excluding hydrogens is 466 g/mol. The number of benzene rings is 3. The Morgan fingerprint density at radius 1 is 0.829 bits per heavy atom. The average Bonchev–Trinajstić information content (AvgIpc) is 2.90. The zero-order valence-electron chi connectivity index (χ0n) is 19.3. The minimum atomic E-state index is -0.309. The molecule has 0 aliphatic carbocycles. The Labute approximate surface area is 207 Å². The average molecular weight is 490 g/mol. The molecule has 0 radical (unpaired) electrons. The molecule has 3 aromatic carbocycles. The summed E-state index contributed by atoms with van der Waals surface area (Å²) in [6.45, 7) is 0. The van der Waals surface area contributed by atoms with Crippen molar-refractivity contribution >= 4 is 23.4 Å². The molecule has 1 amide bonds. The largest absolute Gasteiger partial charge is 0.493 e. The minimum absolute atomic E-state index is 0.309. The first-order valence-electron chi connectivity index (χ1n) is 10.5. The molecule has 0 atom stereocenters. The van der Waals surface area contributed by atoms with Crippen molar-refractivity contribution in [2.45, 2.75) is 9.92 Å². The highest BCUT2D eigenvalue weighted by Crippen LogP contribution is 2.40. The number of rotatable bonds is 9. The predicted molar refractivity (Wildman–Crippen MR) is 133 cm³/mol. The molecular formula is C26H23N3O5S. The van der Waals surface area contributed by atoms with Gasteiger partial charge in [0.25, 0.3) is 11.8 Å². The number of nitrogens with zero attached hydrogens (tertiary/aromatic N) is 2. The van der Waals surface area contributed by atoms with Gasteiger partial charge in [-0.25, -0.2) is 9.97 Å². The number of anilines is 1. The van der Waals surface area contributed by atoms with Crippen LogP contribution in [0.15, 0.2) is 89.0 Å². The Bertz CT molecular complexity index is 1290. The van der Waals surface area contributed by atoms with E-state index < -0.39 is 0 Å². The molecule has 4 aromatic rings. The summed E-state index contributed by atoms with van der Waals surface area (Å²) >= 11 is 1.29. The highest BCUT2D eigenvalue weighted by molar-refractivity contribution is 7.99. The first kappa shape index (κ1) is 23.9. The summed E-state index contributed by atoms with van der Waals surface area (Å²) in [5, 5.41) is 3.44. The second-order valence-electron chi connectivity index (χ2n) is 7.05. The number of aromatic nitrogens is 2. The number of carbonyl (C=O) groups is 1. The van der Waals surface area contributed by atoms with E-state index >= 15 is 0 Å². The number of para-hydroxylation sites is 1. The predicted octanol–water partition coefficient (Wildman–Crippen LogP) is 5.70. The quantitative estimate of drug-likeness (QED) is 0.320. The Balaban J connectivity index is 1.60. The van der Waals surface area contributed by atoms with Crippen LogP contribution in [0.25, 0.3) is 0 Å². The molecule has 0 saturated heterocycles. The number of amides is 1. The van der Waals surface area contributed by atoms with Crippen LogP contribution < -0.4 is 24.3 Å². The molecule has 0 aliphatic rings. The maximum atomic E-state index is 13.3. The smallest absolute Gasteiger partial charge is 0.256 e. The molecule has 0 spiro atoms. The molecule has 4 rings (SSSR count). The third kappa shape index (κ3) is 5.64. The lowest BCUT2D eigenvalue weighted by Gasteiger charge is -2.15. The van der Waals surface area contributed by atoms with Crippen LogP contribution in [0.1, 0.15) is 10.4 Å². The van der Waals surface area contributed by atoms with E-state index in [1.807, 2.05) is 42.5 Å². The lowest BCUT2D eigenvalue weighted by molar-refractivity contribution is 0.102. The van der Waals surface area contributed by atoms with Gasteiger partial charge < -0.3 is 24.3 Å². The van der Waals surface area contributed by atoms with Gasteiger partial charge in [-0.05, 0) is 24.3 Å². The van der Waals surface area contributed by atoms with E-state index in [9.17, 15) is 4.79 Å². The van der Waals surface area contributed by atoms with Crippen molar-refractivity contribution < 1.29 is 23.7 Å². The second kappa shape index (κ2) is 11.3. The Kier molecular flexibility index (Phi) is 7.69. The van der Waals surface area contributed by atoms with Gasteiger partial charge in [-0.2, -0.15) is 0 Å². The van der Waals surface area contributed by atoms with Gasteiger partial charge >= 0.3 is 0 Å². The van der Waals surface area contributed by atoms with Crippen LogP contribution in [0.4, 0.5) is 5.69 Å². The molecule has 8 nitrogen and oxygen atoms in total. The third-order valence-corrected chi connectivity index (χ3v) is 5.90. The van der Waals surface area contributed by atoms with Gasteiger partial charge in [-0.1, -0.05) is 42.1 Å². The number of hydrogen-bond donors (Lipinski definition) is 1. The number of methoxy groups -OCH3 is 3. The van der Waals surface area contributed by atoms with E-state index in [1.54, 1.807) is 36.7 Å². The molecule has 0 saturated carbocycles. The summed E-state index contributed by atoms with van der Waals surface area (Å²) in [6, 6.07) is 19.9. The van der Waals surface area contributed by atoms with Crippen molar-refractivity contribution in [1.82, 2.24) is 9.97 Å². The van der Waals surface area contributed by atoms with E-state index in [4.69, 9.17) is 18.9 Å². The van der Waals surface area contributed by atoms with E-state index in [2.05, 4.69) is 15.3 Å². The molecule has 0 aliphatic heterocycles. The zero-order valence-corrected chi connectivity index (χ0v) is 20.2. The van der Waals surface area contributed by atoms with E-state index in [1.165, 1.54) is 33.1 Å². The van der Waals surface area contributed by atoms with E-state index in [-0.39, 0.29) is 5.91 Å². The van der Waals surface area contributed by atoms with Crippen LogP contribution in [0.5, 0.6) is 28.9 Å². The molecule has 178 valence electrons. The minimum Gasteiger partial charge on any atom is -0.493 e.